The van der Waals surface area contributed by atoms with E-state index in [1.54, 1.807) is 16.9 Å². The number of likely N-dealkylation sites (N-methyl/N-ethyl adjacent to an activating group) is 1. The number of aromatic nitrogens is 2. The first-order chi connectivity index (χ1) is 13.4. The van der Waals surface area contributed by atoms with Crippen LogP contribution in [0.4, 0.5) is 4.39 Å². The Balaban J connectivity index is 2.02. The Bertz CT molecular complexity index is 746. The lowest BCUT2D eigenvalue weighted by Crippen LogP contribution is -2.41. The van der Waals surface area contributed by atoms with E-state index in [9.17, 15) is 9.18 Å². The van der Waals surface area contributed by atoms with Crippen molar-refractivity contribution in [3.05, 3.63) is 53.6 Å². The van der Waals surface area contributed by atoms with Crippen LogP contribution in [0.2, 0.25) is 0 Å². The minimum Gasteiger partial charge on any atom is -0.353 e. The van der Waals surface area contributed by atoms with Gasteiger partial charge in [0.15, 0.2) is 0 Å². The lowest BCUT2D eigenvalue weighted by atomic mass is 10.00. The predicted octanol–water partition coefficient (Wildman–Crippen LogP) is 4.06. The fraction of sp³-hybridized carbons (Fsp3) is 0.545. The number of carbonyl (C=O) groups is 1. The van der Waals surface area contributed by atoms with Crippen molar-refractivity contribution in [1.82, 2.24) is 20.0 Å². The zero-order valence-corrected chi connectivity index (χ0v) is 17.5. The first-order valence-corrected chi connectivity index (χ1v) is 10.1. The van der Waals surface area contributed by atoms with E-state index in [4.69, 9.17) is 0 Å². The topological polar surface area (TPSA) is 50.2 Å². The summed E-state index contributed by atoms with van der Waals surface area (Å²) >= 11 is 0. The van der Waals surface area contributed by atoms with E-state index in [0.29, 0.717) is 0 Å². The SMILES string of the molecule is CCCCCC[C@H](C)NC(=O)CN(C)[C@@H](c1cccc(F)c1)c1cnn(C)c1. The van der Waals surface area contributed by atoms with Gasteiger partial charge in [-0.15, -0.1) is 0 Å². The maximum atomic E-state index is 13.8. The molecular formula is C22H33FN4O. The van der Waals surface area contributed by atoms with E-state index in [0.717, 1.165) is 24.0 Å². The third-order valence-corrected chi connectivity index (χ3v) is 4.94. The molecule has 1 N–H and O–H groups in total. The standard InChI is InChI=1S/C22H33FN4O/c1-5-6-7-8-10-17(2)25-21(28)16-26(3)22(19-14-24-27(4)15-19)18-11-9-12-20(23)13-18/h9,11-15,17,22H,5-8,10,16H2,1-4H3,(H,25,28)/t17-,22-/m0/s1. The van der Waals surface area contributed by atoms with Gasteiger partial charge in [-0.25, -0.2) is 4.39 Å². The molecule has 0 aliphatic heterocycles. The Morgan fingerprint density at radius 1 is 1.29 bits per heavy atom. The number of benzene rings is 1. The van der Waals surface area contributed by atoms with Crippen LogP contribution in [-0.4, -0.2) is 40.2 Å². The molecule has 5 nitrogen and oxygen atoms in total. The minimum absolute atomic E-state index is 0.0178. The molecule has 0 radical (unpaired) electrons. The summed E-state index contributed by atoms with van der Waals surface area (Å²) in [7, 11) is 3.73. The first-order valence-electron chi connectivity index (χ1n) is 10.1. The summed E-state index contributed by atoms with van der Waals surface area (Å²) in [6.07, 6.45) is 9.45. The highest BCUT2D eigenvalue weighted by molar-refractivity contribution is 5.78. The second-order valence-electron chi connectivity index (χ2n) is 7.64. The highest BCUT2D eigenvalue weighted by atomic mass is 19.1. The lowest BCUT2D eigenvalue weighted by Gasteiger charge is -2.28. The largest absolute Gasteiger partial charge is 0.353 e. The fourth-order valence-electron chi connectivity index (χ4n) is 3.55. The molecule has 0 unspecified atom stereocenters. The van der Waals surface area contributed by atoms with Gasteiger partial charge in [0, 0.05) is 24.8 Å². The Morgan fingerprint density at radius 2 is 2.07 bits per heavy atom. The summed E-state index contributed by atoms with van der Waals surface area (Å²) in [6, 6.07) is 6.43. The molecule has 0 spiro atoms. The van der Waals surface area contributed by atoms with Gasteiger partial charge in [0.1, 0.15) is 5.82 Å². The van der Waals surface area contributed by atoms with E-state index < -0.39 is 0 Å². The molecular weight excluding hydrogens is 355 g/mol. The van der Waals surface area contributed by atoms with Gasteiger partial charge in [-0.1, -0.05) is 44.7 Å². The van der Waals surface area contributed by atoms with E-state index in [-0.39, 0.29) is 30.4 Å². The first kappa shape index (κ1) is 22.1. The third-order valence-electron chi connectivity index (χ3n) is 4.94. The quantitative estimate of drug-likeness (QED) is 0.591. The van der Waals surface area contributed by atoms with Crippen LogP contribution in [0.3, 0.4) is 0 Å². The Hall–Kier alpha value is -2.21. The van der Waals surface area contributed by atoms with E-state index in [2.05, 4.69) is 24.3 Å². The molecule has 0 saturated heterocycles. The molecule has 1 aromatic carbocycles. The molecule has 2 atom stereocenters. The molecule has 0 fully saturated rings. The second kappa shape index (κ2) is 11.0. The van der Waals surface area contributed by atoms with Crippen molar-refractivity contribution < 1.29 is 9.18 Å². The Kier molecular flexibility index (Phi) is 8.64. The summed E-state index contributed by atoms with van der Waals surface area (Å²) < 4.78 is 15.5. The fourth-order valence-corrected chi connectivity index (χ4v) is 3.55. The van der Waals surface area contributed by atoms with Gasteiger partial charge in [-0.3, -0.25) is 14.4 Å². The zero-order chi connectivity index (χ0) is 20.5. The summed E-state index contributed by atoms with van der Waals surface area (Å²) in [5.41, 5.74) is 1.73. The molecule has 2 aromatic rings. The van der Waals surface area contributed by atoms with Gasteiger partial charge in [-0.2, -0.15) is 5.10 Å². The van der Waals surface area contributed by atoms with E-state index in [1.807, 2.05) is 31.3 Å². The van der Waals surface area contributed by atoms with Crippen molar-refractivity contribution in [1.29, 1.82) is 0 Å². The lowest BCUT2D eigenvalue weighted by molar-refractivity contribution is -0.122. The van der Waals surface area contributed by atoms with Crippen LogP contribution in [0, 0.1) is 5.82 Å². The molecule has 0 aliphatic rings. The van der Waals surface area contributed by atoms with Crippen LogP contribution in [-0.2, 0) is 11.8 Å². The summed E-state index contributed by atoms with van der Waals surface area (Å²) in [5.74, 6) is -0.305. The number of nitrogens with zero attached hydrogens (tertiary/aromatic N) is 3. The van der Waals surface area contributed by atoms with Crippen molar-refractivity contribution >= 4 is 5.91 Å². The van der Waals surface area contributed by atoms with Crippen molar-refractivity contribution in [2.45, 2.75) is 58.0 Å². The Labute approximate surface area is 167 Å². The summed E-state index contributed by atoms with van der Waals surface area (Å²) in [6.45, 7) is 4.47. The van der Waals surface area contributed by atoms with Gasteiger partial charge in [-0.05, 0) is 38.1 Å². The van der Waals surface area contributed by atoms with Crippen LogP contribution in [0.1, 0.15) is 63.1 Å². The maximum Gasteiger partial charge on any atom is 0.234 e. The number of hydrogen-bond acceptors (Lipinski definition) is 3. The predicted molar refractivity (Wildman–Crippen MR) is 110 cm³/mol. The number of rotatable bonds is 11. The third kappa shape index (κ3) is 6.75. The minimum atomic E-state index is -0.287. The number of hydrogen-bond donors (Lipinski definition) is 1. The molecule has 6 heteroatoms. The van der Waals surface area contributed by atoms with Crippen LogP contribution in [0.25, 0.3) is 0 Å². The smallest absolute Gasteiger partial charge is 0.234 e. The molecule has 2 rings (SSSR count). The molecule has 1 heterocycles. The van der Waals surface area contributed by atoms with Crippen LogP contribution >= 0.6 is 0 Å². The number of nitrogens with one attached hydrogen (secondary N) is 1. The number of halogens is 1. The van der Waals surface area contributed by atoms with Crippen molar-refractivity contribution in [2.75, 3.05) is 13.6 Å². The van der Waals surface area contributed by atoms with Crippen LogP contribution in [0.15, 0.2) is 36.7 Å². The van der Waals surface area contributed by atoms with E-state index in [1.165, 1.54) is 31.4 Å². The van der Waals surface area contributed by atoms with Crippen LogP contribution in [0.5, 0.6) is 0 Å². The van der Waals surface area contributed by atoms with Gasteiger partial charge in [0.05, 0.1) is 18.8 Å². The van der Waals surface area contributed by atoms with Gasteiger partial charge in [0.2, 0.25) is 5.91 Å². The average molecular weight is 389 g/mol. The zero-order valence-electron chi connectivity index (χ0n) is 17.5. The molecule has 0 aliphatic carbocycles. The summed E-state index contributed by atoms with van der Waals surface area (Å²) in [5, 5.41) is 7.33. The van der Waals surface area contributed by atoms with Gasteiger partial charge < -0.3 is 5.32 Å². The molecule has 1 amide bonds. The molecule has 0 bridgehead atoms. The number of unbranched alkanes of at least 4 members (excludes halogenated alkanes) is 3. The summed E-state index contributed by atoms with van der Waals surface area (Å²) in [4.78, 5) is 14.5. The highest BCUT2D eigenvalue weighted by Crippen LogP contribution is 2.27. The number of amides is 1. The van der Waals surface area contributed by atoms with Crippen molar-refractivity contribution in [2.24, 2.45) is 7.05 Å². The monoisotopic (exact) mass is 388 g/mol. The molecule has 0 saturated carbocycles. The van der Waals surface area contributed by atoms with Gasteiger partial charge >= 0.3 is 0 Å². The van der Waals surface area contributed by atoms with Gasteiger partial charge in [0.25, 0.3) is 0 Å². The molecule has 154 valence electrons. The molecule has 1 aromatic heterocycles. The van der Waals surface area contributed by atoms with Crippen LogP contribution < -0.4 is 5.32 Å². The number of aryl methyl sites for hydroxylation is 1. The molecule has 28 heavy (non-hydrogen) atoms. The average Bonchev–Trinajstić information content (AvgIpc) is 3.04. The normalized spacial score (nSPS) is 13.5. The Morgan fingerprint density at radius 3 is 2.71 bits per heavy atom. The van der Waals surface area contributed by atoms with E-state index >= 15 is 0 Å². The second-order valence-corrected chi connectivity index (χ2v) is 7.64. The maximum absolute atomic E-state index is 13.8. The number of carbonyl (C=O) groups excluding carboxylic acids is 1. The van der Waals surface area contributed by atoms with Crippen molar-refractivity contribution in [3.8, 4) is 0 Å². The highest BCUT2D eigenvalue weighted by Gasteiger charge is 2.23. The van der Waals surface area contributed by atoms with Crippen molar-refractivity contribution in [3.63, 3.8) is 0 Å².